The standard InChI is InChI=1S/C19H23N5O3/c1-13(2)22-15-4-3-7-20-17(15)23-8-10-24(11-9-23)18(25)16-6-5-14(12-21-16)19(26)27/h3-7,12-13,22H,8-11H2,1-2H3,(H,26,27). The third kappa shape index (κ3) is 4.33. The largest absolute Gasteiger partial charge is 0.478 e. The molecule has 2 N–H and O–H groups in total. The molecule has 0 aromatic carbocycles. The van der Waals surface area contributed by atoms with Crippen molar-refractivity contribution in [2.75, 3.05) is 36.4 Å². The number of anilines is 2. The number of carboxylic acids is 1. The van der Waals surface area contributed by atoms with E-state index >= 15 is 0 Å². The summed E-state index contributed by atoms with van der Waals surface area (Å²) in [4.78, 5) is 35.9. The van der Waals surface area contributed by atoms with Gasteiger partial charge in [0.25, 0.3) is 5.91 Å². The van der Waals surface area contributed by atoms with Crippen LogP contribution in [0.4, 0.5) is 11.5 Å². The Kier molecular flexibility index (Phi) is 5.54. The van der Waals surface area contributed by atoms with E-state index in [1.165, 1.54) is 18.3 Å². The summed E-state index contributed by atoms with van der Waals surface area (Å²) in [7, 11) is 0. The summed E-state index contributed by atoms with van der Waals surface area (Å²) in [5.41, 5.74) is 1.31. The average Bonchev–Trinajstić information content (AvgIpc) is 2.68. The molecule has 0 radical (unpaired) electrons. The zero-order valence-electron chi connectivity index (χ0n) is 15.4. The molecular formula is C19H23N5O3. The highest BCUT2D eigenvalue weighted by molar-refractivity contribution is 5.94. The van der Waals surface area contributed by atoms with Crippen LogP contribution >= 0.6 is 0 Å². The van der Waals surface area contributed by atoms with Crippen molar-refractivity contribution < 1.29 is 14.7 Å². The number of hydrogen-bond donors (Lipinski definition) is 2. The fourth-order valence-electron chi connectivity index (χ4n) is 3.00. The van der Waals surface area contributed by atoms with Gasteiger partial charge in [-0.15, -0.1) is 0 Å². The Hall–Kier alpha value is -3.16. The van der Waals surface area contributed by atoms with Gasteiger partial charge in [-0.25, -0.2) is 9.78 Å². The molecule has 2 aromatic heterocycles. The van der Waals surface area contributed by atoms with Crippen molar-refractivity contribution in [2.24, 2.45) is 0 Å². The van der Waals surface area contributed by atoms with Gasteiger partial charge in [0, 0.05) is 44.6 Å². The van der Waals surface area contributed by atoms with Crippen LogP contribution < -0.4 is 10.2 Å². The van der Waals surface area contributed by atoms with E-state index < -0.39 is 5.97 Å². The molecule has 1 aliphatic rings. The van der Waals surface area contributed by atoms with Crippen molar-refractivity contribution in [1.29, 1.82) is 0 Å². The van der Waals surface area contributed by atoms with Crippen molar-refractivity contribution in [3.63, 3.8) is 0 Å². The number of carboxylic acid groups (broad SMARTS) is 1. The zero-order valence-corrected chi connectivity index (χ0v) is 15.4. The fourth-order valence-corrected chi connectivity index (χ4v) is 3.00. The number of carbonyl (C=O) groups excluding carboxylic acids is 1. The quantitative estimate of drug-likeness (QED) is 0.831. The van der Waals surface area contributed by atoms with Crippen LogP contribution in [0.5, 0.6) is 0 Å². The van der Waals surface area contributed by atoms with E-state index in [0.717, 1.165) is 11.5 Å². The maximum absolute atomic E-state index is 12.6. The molecule has 2 aromatic rings. The molecule has 1 aliphatic heterocycles. The van der Waals surface area contributed by atoms with E-state index in [4.69, 9.17) is 5.11 Å². The predicted molar refractivity (Wildman–Crippen MR) is 102 cm³/mol. The zero-order chi connectivity index (χ0) is 19.4. The van der Waals surface area contributed by atoms with Crippen LogP contribution in [0, 0.1) is 0 Å². The number of amides is 1. The first-order chi connectivity index (χ1) is 13.0. The molecule has 0 spiro atoms. The normalized spacial score (nSPS) is 14.3. The van der Waals surface area contributed by atoms with E-state index in [1.54, 1.807) is 11.1 Å². The molecule has 1 saturated heterocycles. The molecule has 3 rings (SSSR count). The van der Waals surface area contributed by atoms with Gasteiger partial charge in [-0.1, -0.05) is 0 Å². The third-order valence-electron chi connectivity index (χ3n) is 4.33. The smallest absolute Gasteiger partial charge is 0.337 e. The van der Waals surface area contributed by atoms with Crippen LogP contribution in [-0.4, -0.2) is 64.1 Å². The van der Waals surface area contributed by atoms with Gasteiger partial charge in [-0.05, 0) is 38.1 Å². The summed E-state index contributed by atoms with van der Waals surface area (Å²) in [5, 5.41) is 12.3. The predicted octanol–water partition coefficient (Wildman–Crippen LogP) is 1.96. The number of carbonyl (C=O) groups is 2. The van der Waals surface area contributed by atoms with Gasteiger partial charge in [-0.3, -0.25) is 9.78 Å². The third-order valence-corrected chi connectivity index (χ3v) is 4.33. The van der Waals surface area contributed by atoms with Crippen LogP contribution in [-0.2, 0) is 0 Å². The van der Waals surface area contributed by atoms with Gasteiger partial charge >= 0.3 is 5.97 Å². The number of rotatable bonds is 5. The summed E-state index contributed by atoms with van der Waals surface area (Å²) < 4.78 is 0. The molecule has 1 fully saturated rings. The Balaban J connectivity index is 1.65. The van der Waals surface area contributed by atoms with Crippen LogP contribution in [0.3, 0.4) is 0 Å². The number of nitrogens with one attached hydrogen (secondary N) is 1. The van der Waals surface area contributed by atoms with Crippen molar-refractivity contribution in [2.45, 2.75) is 19.9 Å². The van der Waals surface area contributed by atoms with Gasteiger partial charge in [0.1, 0.15) is 5.69 Å². The Labute approximate surface area is 157 Å². The Morgan fingerprint density at radius 2 is 1.85 bits per heavy atom. The molecule has 8 nitrogen and oxygen atoms in total. The SMILES string of the molecule is CC(C)Nc1cccnc1N1CCN(C(=O)c2ccc(C(=O)O)cn2)CC1. The summed E-state index contributed by atoms with van der Waals surface area (Å²) in [6.07, 6.45) is 2.98. The second-order valence-corrected chi connectivity index (χ2v) is 6.69. The van der Waals surface area contributed by atoms with E-state index in [9.17, 15) is 9.59 Å². The lowest BCUT2D eigenvalue weighted by Crippen LogP contribution is -2.49. The van der Waals surface area contributed by atoms with Crippen molar-refractivity contribution >= 4 is 23.4 Å². The molecule has 0 aliphatic carbocycles. The molecule has 27 heavy (non-hydrogen) atoms. The number of aromatic nitrogens is 2. The topological polar surface area (TPSA) is 98.7 Å². The minimum Gasteiger partial charge on any atom is -0.478 e. The van der Waals surface area contributed by atoms with Crippen LogP contribution in [0.1, 0.15) is 34.7 Å². The van der Waals surface area contributed by atoms with Gasteiger partial charge in [0.15, 0.2) is 5.82 Å². The second kappa shape index (κ2) is 8.03. The number of aromatic carboxylic acids is 1. The lowest BCUT2D eigenvalue weighted by Gasteiger charge is -2.36. The lowest BCUT2D eigenvalue weighted by molar-refractivity contribution is 0.0691. The fraction of sp³-hybridized carbons (Fsp3) is 0.368. The Morgan fingerprint density at radius 1 is 1.11 bits per heavy atom. The highest BCUT2D eigenvalue weighted by Crippen LogP contribution is 2.24. The maximum Gasteiger partial charge on any atom is 0.337 e. The van der Waals surface area contributed by atoms with E-state index in [0.29, 0.717) is 32.2 Å². The Bertz CT molecular complexity index is 814. The number of hydrogen-bond acceptors (Lipinski definition) is 6. The molecule has 0 unspecified atom stereocenters. The molecular weight excluding hydrogens is 346 g/mol. The monoisotopic (exact) mass is 369 g/mol. The average molecular weight is 369 g/mol. The molecule has 1 amide bonds. The molecule has 0 bridgehead atoms. The van der Waals surface area contributed by atoms with E-state index in [1.807, 2.05) is 12.1 Å². The van der Waals surface area contributed by atoms with Crippen LogP contribution in [0.15, 0.2) is 36.7 Å². The first-order valence-corrected chi connectivity index (χ1v) is 8.91. The maximum atomic E-state index is 12.6. The van der Waals surface area contributed by atoms with Gasteiger partial charge in [0.05, 0.1) is 11.3 Å². The van der Waals surface area contributed by atoms with Crippen molar-refractivity contribution in [3.05, 3.63) is 47.9 Å². The first-order valence-electron chi connectivity index (χ1n) is 8.91. The highest BCUT2D eigenvalue weighted by Gasteiger charge is 2.25. The van der Waals surface area contributed by atoms with Gasteiger partial charge in [0.2, 0.25) is 0 Å². The molecule has 142 valence electrons. The summed E-state index contributed by atoms with van der Waals surface area (Å²) in [6, 6.07) is 7.07. The number of nitrogens with zero attached hydrogens (tertiary/aromatic N) is 4. The van der Waals surface area contributed by atoms with Crippen molar-refractivity contribution in [3.8, 4) is 0 Å². The molecule has 0 atom stereocenters. The minimum atomic E-state index is -1.06. The Morgan fingerprint density at radius 3 is 2.44 bits per heavy atom. The number of pyridine rings is 2. The summed E-state index contributed by atoms with van der Waals surface area (Å²) in [5.74, 6) is -0.355. The van der Waals surface area contributed by atoms with Crippen LogP contribution in [0.2, 0.25) is 0 Å². The van der Waals surface area contributed by atoms with Gasteiger partial charge in [-0.2, -0.15) is 0 Å². The highest BCUT2D eigenvalue weighted by atomic mass is 16.4. The minimum absolute atomic E-state index is 0.0664. The van der Waals surface area contributed by atoms with E-state index in [2.05, 4.69) is 34.0 Å². The van der Waals surface area contributed by atoms with Crippen LogP contribution in [0.25, 0.3) is 0 Å². The van der Waals surface area contributed by atoms with E-state index in [-0.39, 0.29) is 17.2 Å². The lowest BCUT2D eigenvalue weighted by atomic mass is 10.2. The first kappa shape index (κ1) is 18.6. The number of piperazine rings is 1. The molecule has 8 heteroatoms. The molecule has 3 heterocycles. The molecule has 0 saturated carbocycles. The van der Waals surface area contributed by atoms with Gasteiger partial charge < -0.3 is 20.2 Å². The van der Waals surface area contributed by atoms with Crippen molar-refractivity contribution in [1.82, 2.24) is 14.9 Å². The second-order valence-electron chi connectivity index (χ2n) is 6.69. The summed E-state index contributed by atoms with van der Waals surface area (Å²) >= 11 is 0. The summed E-state index contributed by atoms with van der Waals surface area (Å²) in [6.45, 7) is 6.61.